The molecule has 0 spiro atoms. The Morgan fingerprint density at radius 2 is 1.95 bits per heavy atom. The van der Waals surface area contributed by atoms with Crippen molar-refractivity contribution < 1.29 is 9.47 Å². The van der Waals surface area contributed by atoms with Gasteiger partial charge in [0.2, 0.25) is 0 Å². The van der Waals surface area contributed by atoms with E-state index >= 15 is 0 Å². The van der Waals surface area contributed by atoms with E-state index in [-0.39, 0.29) is 0 Å². The van der Waals surface area contributed by atoms with Crippen LogP contribution in [-0.4, -0.2) is 36.4 Å². The van der Waals surface area contributed by atoms with E-state index in [2.05, 4.69) is 29.8 Å². The van der Waals surface area contributed by atoms with Gasteiger partial charge in [-0.25, -0.2) is 4.98 Å². The number of nitrogens with one attached hydrogen (secondary N) is 1. The molecule has 0 amide bonds. The highest BCUT2D eigenvalue weighted by Crippen LogP contribution is 2.35. The molecule has 1 aromatic heterocycles. The molecule has 0 saturated carbocycles. The molecule has 5 heteroatoms. The van der Waals surface area contributed by atoms with E-state index in [4.69, 9.17) is 14.5 Å². The van der Waals surface area contributed by atoms with Crippen molar-refractivity contribution in [1.29, 1.82) is 0 Å². The summed E-state index contributed by atoms with van der Waals surface area (Å²) in [5, 5.41) is 3.21. The molecule has 120 valence electrons. The Bertz CT molecular complexity index is 649. The predicted octanol–water partition coefficient (Wildman–Crippen LogP) is 2.62. The lowest BCUT2D eigenvalue weighted by Crippen LogP contribution is -2.15. The first-order valence-electron chi connectivity index (χ1n) is 8.12. The Balaban J connectivity index is 2.01. The van der Waals surface area contributed by atoms with Gasteiger partial charge in [-0.3, -0.25) is 0 Å². The van der Waals surface area contributed by atoms with Crippen LogP contribution in [0, 0.1) is 5.92 Å². The maximum absolute atomic E-state index is 5.72. The van der Waals surface area contributed by atoms with Crippen molar-refractivity contribution >= 4 is 11.0 Å². The molecule has 1 N–H and O–H groups in total. The third-order valence-corrected chi connectivity index (χ3v) is 4.02. The van der Waals surface area contributed by atoms with Gasteiger partial charge in [0.15, 0.2) is 11.5 Å². The monoisotopic (exact) mass is 303 g/mol. The molecular weight excluding hydrogens is 278 g/mol. The fourth-order valence-electron chi connectivity index (χ4n) is 2.78. The maximum atomic E-state index is 5.72. The molecule has 0 saturated heterocycles. The van der Waals surface area contributed by atoms with Gasteiger partial charge >= 0.3 is 0 Å². The van der Waals surface area contributed by atoms with Crippen molar-refractivity contribution in [2.45, 2.75) is 33.2 Å². The van der Waals surface area contributed by atoms with Crippen LogP contribution in [0.25, 0.3) is 11.0 Å². The van der Waals surface area contributed by atoms with Crippen LogP contribution < -0.4 is 14.8 Å². The van der Waals surface area contributed by atoms with Crippen molar-refractivity contribution in [2.24, 2.45) is 5.92 Å². The number of benzene rings is 1. The average molecular weight is 303 g/mol. The summed E-state index contributed by atoms with van der Waals surface area (Å²) in [6, 6.07) is 4.10. The van der Waals surface area contributed by atoms with Gasteiger partial charge in [-0.2, -0.15) is 0 Å². The second-order valence-corrected chi connectivity index (χ2v) is 6.20. The third kappa shape index (κ3) is 3.04. The van der Waals surface area contributed by atoms with E-state index in [0.29, 0.717) is 19.1 Å². The molecule has 3 rings (SSSR count). The molecule has 0 radical (unpaired) electrons. The van der Waals surface area contributed by atoms with Gasteiger partial charge in [0.05, 0.1) is 11.0 Å². The van der Waals surface area contributed by atoms with Crippen molar-refractivity contribution in [3.05, 3.63) is 18.0 Å². The van der Waals surface area contributed by atoms with E-state index in [1.54, 1.807) is 0 Å². The van der Waals surface area contributed by atoms with Crippen molar-refractivity contribution in [1.82, 2.24) is 14.9 Å². The highest BCUT2D eigenvalue weighted by Gasteiger charge is 2.18. The van der Waals surface area contributed by atoms with Crippen LogP contribution in [0.2, 0.25) is 0 Å². The van der Waals surface area contributed by atoms with Crippen molar-refractivity contribution in [3.63, 3.8) is 0 Å². The lowest BCUT2D eigenvalue weighted by atomic mass is 10.1. The molecule has 0 unspecified atom stereocenters. The minimum Gasteiger partial charge on any atom is -0.486 e. The maximum Gasteiger partial charge on any atom is 0.163 e. The molecule has 5 nitrogen and oxygen atoms in total. The minimum atomic E-state index is 0.610. The second-order valence-electron chi connectivity index (χ2n) is 6.20. The molecular formula is C17H25N3O2. The van der Waals surface area contributed by atoms with E-state index in [1.807, 2.05) is 13.1 Å². The number of likely N-dealkylation sites (N-methyl/N-ethyl adjacent to an activating group) is 1. The molecule has 2 aromatic rings. The number of hydrogen-bond acceptors (Lipinski definition) is 4. The molecule has 1 aliphatic rings. The summed E-state index contributed by atoms with van der Waals surface area (Å²) in [5.74, 6) is 3.45. The topological polar surface area (TPSA) is 48.3 Å². The highest BCUT2D eigenvalue weighted by atomic mass is 16.6. The first-order valence-corrected chi connectivity index (χ1v) is 8.12. The number of ether oxygens (including phenoxy) is 2. The Kier molecular flexibility index (Phi) is 4.52. The Morgan fingerprint density at radius 1 is 1.23 bits per heavy atom. The fraction of sp³-hybridized carbons (Fsp3) is 0.588. The molecule has 0 bridgehead atoms. The molecule has 0 fully saturated rings. The van der Waals surface area contributed by atoms with Gasteiger partial charge in [-0.05, 0) is 19.4 Å². The van der Waals surface area contributed by atoms with Gasteiger partial charge in [0.25, 0.3) is 0 Å². The van der Waals surface area contributed by atoms with Crippen LogP contribution in [0.4, 0.5) is 0 Å². The lowest BCUT2D eigenvalue weighted by molar-refractivity contribution is 0.172. The molecule has 0 aliphatic carbocycles. The molecule has 1 aromatic carbocycles. The SMILES string of the molecule is CNCCc1nc2cc3c(cc2n1CCC(C)C)OCCO3. The molecule has 0 atom stereocenters. The summed E-state index contributed by atoms with van der Waals surface area (Å²) in [5.41, 5.74) is 2.15. The third-order valence-electron chi connectivity index (χ3n) is 4.02. The van der Waals surface area contributed by atoms with E-state index in [9.17, 15) is 0 Å². The number of aromatic nitrogens is 2. The van der Waals surface area contributed by atoms with Gasteiger partial charge in [0.1, 0.15) is 19.0 Å². The predicted molar refractivity (Wildman–Crippen MR) is 87.8 cm³/mol. The van der Waals surface area contributed by atoms with Gasteiger partial charge in [-0.15, -0.1) is 0 Å². The lowest BCUT2D eigenvalue weighted by Gasteiger charge is -2.18. The standard InChI is InChI=1S/C17H25N3O2/c1-12(2)5-7-20-14-11-16-15(21-8-9-22-16)10-13(14)19-17(20)4-6-18-3/h10-12,18H,4-9H2,1-3H3. The first kappa shape index (κ1) is 15.2. The largest absolute Gasteiger partial charge is 0.486 e. The van der Waals surface area contributed by atoms with E-state index in [1.165, 1.54) is 0 Å². The zero-order valence-electron chi connectivity index (χ0n) is 13.7. The zero-order chi connectivity index (χ0) is 15.5. The number of rotatable bonds is 6. The van der Waals surface area contributed by atoms with Crippen LogP contribution in [0.15, 0.2) is 12.1 Å². The average Bonchev–Trinajstić information content (AvgIpc) is 2.85. The Morgan fingerprint density at radius 3 is 2.64 bits per heavy atom. The van der Waals surface area contributed by atoms with Gasteiger partial charge in [-0.1, -0.05) is 13.8 Å². The number of aryl methyl sites for hydroxylation is 1. The summed E-state index contributed by atoms with van der Waals surface area (Å²) in [6.07, 6.45) is 2.07. The summed E-state index contributed by atoms with van der Waals surface area (Å²) in [6.45, 7) is 7.66. The van der Waals surface area contributed by atoms with Gasteiger partial charge in [0, 0.05) is 31.6 Å². The van der Waals surface area contributed by atoms with E-state index in [0.717, 1.165) is 54.3 Å². The molecule has 1 aliphatic heterocycles. The molecule has 2 heterocycles. The van der Waals surface area contributed by atoms with Gasteiger partial charge < -0.3 is 19.4 Å². The number of hydrogen-bond donors (Lipinski definition) is 1. The molecule has 22 heavy (non-hydrogen) atoms. The number of imidazole rings is 1. The van der Waals surface area contributed by atoms with Crippen LogP contribution >= 0.6 is 0 Å². The summed E-state index contributed by atoms with van der Waals surface area (Å²) >= 11 is 0. The first-order chi connectivity index (χ1) is 10.7. The highest BCUT2D eigenvalue weighted by molar-refractivity contribution is 5.80. The zero-order valence-corrected chi connectivity index (χ0v) is 13.7. The summed E-state index contributed by atoms with van der Waals surface area (Å²) < 4.78 is 13.7. The second kappa shape index (κ2) is 6.57. The quantitative estimate of drug-likeness (QED) is 0.891. The Labute approximate surface area is 131 Å². The van der Waals surface area contributed by atoms with Crippen LogP contribution in [0.1, 0.15) is 26.1 Å². The van der Waals surface area contributed by atoms with Crippen molar-refractivity contribution in [2.75, 3.05) is 26.8 Å². The number of nitrogens with zero attached hydrogens (tertiary/aromatic N) is 2. The Hall–Kier alpha value is -1.75. The van der Waals surface area contributed by atoms with Crippen LogP contribution in [0.3, 0.4) is 0 Å². The summed E-state index contributed by atoms with van der Waals surface area (Å²) in [7, 11) is 1.97. The van der Waals surface area contributed by atoms with E-state index < -0.39 is 0 Å². The fourth-order valence-corrected chi connectivity index (χ4v) is 2.78. The van der Waals surface area contributed by atoms with Crippen LogP contribution in [0.5, 0.6) is 11.5 Å². The summed E-state index contributed by atoms with van der Waals surface area (Å²) in [4.78, 5) is 4.82. The van der Waals surface area contributed by atoms with Crippen LogP contribution in [-0.2, 0) is 13.0 Å². The number of fused-ring (bicyclic) bond motifs is 2. The van der Waals surface area contributed by atoms with Crippen molar-refractivity contribution in [3.8, 4) is 11.5 Å². The minimum absolute atomic E-state index is 0.610. The normalized spacial score (nSPS) is 14.0. The smallest absolute Gasteiger partial charge is 0.163 e.